The molecule has 1 N–H and O–H groups in total. The lowest BCUT2D eigenvalue weighted by atomic mass is 9.78. The van der Waals surface area contributed by atoms with Crippen LogP contribution in [0.5, 0.6) is 0 Å². The van der Waals surface area contributed by atoms with Crippen LogP contribution >= 0.6 is 11.6 Å². The van der Waals surface area contributed by atoms with Gasteiger partial charge in [-0.05, 0) is 49.3 Å². The second kappa shape index (κ2) is 6.52. The van der Waals surface area contributed by atoms with Crippen molar-refractivity contribution in [3.05, 3.63) is 29.3 Å². The van der Waals surface area contributed by atoms with Crippen LogP contribution in [0.2, 0.25) is 5.02 Å². The molecule has 1 heterocycles. The molecule has 6 heteroatoms. The highest BCUT2D eigenvalue weighted by Gasteiger charge is 2.54. The van der Waals surface area contributed by atoms with Crippen molar-refractivity contribution in [1.29, 1.82) is 0 Å². The number of fused-ring (bicyclic) bond motifs is 2. The molecule has 0 radical (unpaired) electrons. The Labute approximate surface area is 152 Å². The summed E-state index contributed by atoms with van der Waals surface area (Å²) in [5.74, 6) is -1.05. The van der Waals surface area contributed by atoms with Gasteiger partial charge in [-0.2, -0.15) is 0 Å². The number of carbonyl (C=O) groups excluding carboxylic acids is 1. The highest BCUT2D eigenvalue weighted by atomic mass is 35.5. The number of aliphatic carboxylic acids is 1. The van der Waals surface area contributed by atoms with E-state index in [9.17, 15) is 14.7 Å². The largest absolute Gasteiger partial charge is 0.481 e. The van der Waals surface area contributed by atoms with Gasteiger partial charge in [-0.3, -0.25) is 9.59 Å². The summed E-state index contributed by atoms with van der Waals surface area (Å²) in [6.45, 7) is 2.80. The van der Waals surface area contributed by atoms with E-state index in [1.54, 1.807) is 0 Å². The molecule has 25 heavy (non-hydrogen) atoms. The van der Waals surface area contributed by atoms with E-state index >= 15 is 0 Å². The maximum Gasteiger partial charge on any atom is 0.307 e. The molecule has 5 nitrogen and oxygen atoms in total. The Morgan fingerprint density at radius 3 is 2.36 bits per heavy atom. The first-order chi connectivity index (χ1) is 12.0. The van der Waals surface area contributed by atoms with Crippen molar-refractivity contribution >= 4 is 29.2 Å². The van der Waals surface area contributed by atoms with E-state index in [1.165, 1.54) is 0 Å². The Kier molecular flexibility index (Phi) is 4.36. The van der Waals surface area contributed by atoms with Crippen LogP contribution in [-0.2, 0) is 9.59 Å². The third-order valence-corrected chi connectivity index (χ3v) is 6.49. The third-order valence-electron chi connectivity index (χ3n) is 6.25. The molecule has 4 atom stereocenters. The number of benzene rings is 1. The lowest BCUT2D eigenvalue weighted by Gasteiger charge is -2.39. The quantitative estimate of drug-likeness (QED) is 0.898. The van der Waals surface area contributed by atoms with Gasteiger partial charge in [0.1, 0.15) is 0 Å². The van der Waals surface area contributed by atoms with Gasteiger partial charge in [0.25, 0.3) is 0 Å². The molecule has 2 bridgehead atoms. The van der Waals surface area contributed by atoms with Gasteiger partial charge in [0.2, 0.25) is 5.91 Å². The summed E-state index contributed by atoms with van der Waals surface area (Å²) < 4.78 is 0. The first kappa shape index (κ1) is 16.7. The van der Waals surface area contributed by atoms with Crippen LogP contribution in [0.25, 0.3) is 0 Å². The number of hydrogen-bond donors (Lipinski definition) is 1. The minimum Gasteiger partial charge on any atom is -0.481 e. The molecule has 1 saturated heterocycles. The fourth-order valence-corrected chi connectivity index (χ4v) is 5.26. The van der Waals surface area contributed by atoms with Crippen LogP contribution in [0.4, 0.5) is 5.69 Å². The number of amides is 1. The standard InChI is InChI=1S/C19H23ClN2O3/c20-14-2-1-3-15(11-14)21-6-8-22(9-7-21)18(23)16-12-4-5-13(10-12)17(16)19(24)25/h1-3,11-13,16-17H,4-10H2,(H,24,25). The third kappa shape index (κ3) is 2.99. The fourth-order valence-electron chi connectivity index (χ4n) is 5.07. The molecule has 1 amide bonds. The Morgan fingerprint density at radius 2 is 1.72 bits per heavy atom. The monoisotopic (exact) mass is 362 g/mol. The number of hydrogen-bond acceptors (Lipinski definition) is 3. The van der Waals surface area contributed by atoms with Gasteiger partial charge >= 0.3 is 5.97 Å². The van der Waals surface area contributed by atoms with Gasteiger partial charge < -0.3 is 14.9 Å². The zero-order valence-electron chi connectivity index (χ0n) is 14.1. The van der Waals surface area contributed by atoms with E-state index in [-0.39, 0.29) is 23.7 Å². The fraction of sp³-hybridized carbons (Fsp3) is 0.579. The molecule has 3 aliphatic rings. The van der Waals surface area contributed by atoms with E-state index in [1.807, 2.05) is 29.2 Å². The van der Waals surface area contributed by atoms with Crippen LogP contribution < -0.4 is 4.90 Å². The molecule has 1 aromatic carbocycles. The van der Waals surface area contributed by atoms with E-state index in [0.29, 0.717) is 18.1 Å². The van der Waals surface area contributed by atoms with E-state index in [4.69, 9.17) is 11.6 Å². The second-order valence-corrected chi connectivity index (χ2v) is 7.95. The Hall–Kier alpha value is -1.75. The van der Waals surface area contributed by atoms with Crippen LogP contribution in [0.3, 0.4) is 0 Å². The molecule has 2 aliphatic carbocycles. The summed E-state index contributed by atoms with van der Waals surface area (Å²) in [5, 5.41) is 10.3. The molecule has 1 aliphatic heterocycles. The highest BCUT2D eigenvalue weighted by molar-refractivity contribution is 6.30. The maximum atomic E-state index is 13.0. The van der Waals surface area contributed by atoms with Crippen molar-refractivity contribution in [1.82, 2.24) is 4.90 Å². The lowest BCUT2D eigenvalue weighted by molar-refractivity contribution is -0.153. The molecule has 0 spiro atoms. The topological polar surface area (TPSA) is 60.9 Å². The first-order valence-corrected chi connectivity index (χ1v) is 9.44. The molecular weight excluding hydrogens is 340 g/mol. The number of rotatable bonds is 3. The van der Waals surface area contributed by atoms with Gasteiger partial charge in [0, 0.05) is 36.9 Å². The minimum atomic E-state index is -0.789. The van der Waals surface area contributed by atoms with E-state index in [2.05, 4.69) is 4.90 Å². The molecule has 134 valence electrons. The van der Waals surface area contributed by atoms with E-state index < -0.39 is 11.9 Å². The average molecular weight is 363 g/mol. The minimum absolute atomic E-state index is 0.0605. The zero-order chi connectivity index (χ0) is 17.6. The Morgan fingerprint density at radius 1 is 1.04 bits per heavy atom. The maximum absolute atomic E-state index is 13.0. The first-order valence-electron chi connectivity index (χ1n) is 9.06. The normalized spacial score (nSPS) is 31.4. The number of carbonyl (C=O) groups is 2. The summed E-state index contributed by atoms with van der Waals surface area (Å²) in [6.07, 6.45) is 2.89. The summed E-state index contributed by atoms with van der Waals surface area (Å²) in [5.41, 5.74) is 1.07. The summed E-state index contributed by atoms with van der Waals surface area (Å²) in [4.78, 5) is 28.8. The van der Waals surface area contributed by atoms with Crippen molar-refractivity contribution in [2.24, 2.45) is 23.7 Å². The Bertz CT molecular complexity index is 687. The molecule has 4 rings (SSSR count). The van der Waals surface area contributed by atoms with Gasteiger partial charge in [0.15, 0.2) is 0 Å². The predicted molar refractivity (Wildman–Crippen MR) is 95.7 cm³/mol. The molecule has 2 saturated carbocycles. The molecular formula is C19H23ClN2O3. The lowest BCUT2D eigenvalue weighted by Crippen LogP contribution is -2.52. The SMILES string of the molecule is O=C(O)C1C2CCC(C2)C1C(=O)N1CCN(c2cccc(Cl)c2)CC1. The van der Waals surface area contributed by atoms with Gasteiger partial charge in [-0.25, -0.2) is 0 Å². The second-order valence-electron chi connectivity index (χ2n) is 7.52. The van der Waals surface area contributed by atoms with Crippen molar-refractivity contribution in [2.45, 2.75) is 19.3 Å². The molecule has 1 aromatic rings. The van der Waals surface area contributed by atoms with Crippen molar-refractivity contribution in [3.63, 3.8) is 0 Å². The van der Waals surface area contributed by atoms with Gasteiger partial charge in [0.05, 0.1) is 11.8 Å². The summed E-state index contributed by atoms with van der Waals surface area (Å²) >= 11 is 6.06. The molecule has 0 aromatic heterocycles. The summed E-state index contributed by atoms with van der Waals surface area (Å²) in [6, 6.07) is 7.75. The summed E-state index contributed by atoms with van der Waals surface area (Å²) in [7, 11) is 0. The number of carboxylic acid groups (broad SMARTS) is 1. The van der Waals surface area contributed by atoms with Crippen LogP contribution in [0.1, 0.15) is 19.3 Å². The number of halogens is 1. The van der Waals surface area contributed by atoms with Crippen LogP contribution in [0, 0.1) is 23.7 Å². The smallest absolute Gasteiger partial charge is 0.307 e. The molecule has 4 unspecified atom stereocenters. The number of anilines is 1. The number of piperazine rings is 1. The van der Waals surface area contributed by atoms with Crippen molar-refractivity contribution < 1.29 is 14.7 Å². The highest BCUT2D eigenvalue weighted by Crippen LogP contribution is 2.53. The van der Waals surface area contributed by atoms with E-state index in [0.717, 1.165) is 38.0 Å². The number of carboxylic acids is 1. The van der Waals surface area contributed by atoms with Crippen LogP contribution in [0.15, 0.2) is 24.3 Å². The van der Waals surface area contributed by atoms with Crippen molar-refractivity contribution in [2.75, 3.05) is 31.1 Å². The van der Waals surface area contributed by atoms with Crippen molar-refractivity contribution in [3.8, 4) is 0 Å². The van der Waals surface area contributed by atoms with Crippen LogP contribution in [-0.4, -0.2) is 48.1 Å². The van der Waals surface area contributed by atoms with Gasteiger partial charge in [-0.1, -0.05) is 17.7 Å². The zero-order valence-corrected chi connectivity index (χ0v) is 14.9. The average Bonchev–Trinajstić information content (AvgIpc) is 3.22. The number of nitrogens with zero attached hydrogens (tertiary/aromatic N) is 2. The molecule has 3 fully saturated rings. The Balaban J connectivity index is 1.42. The van der Waals surface area contributed by atoms with Gasteiger partial charge in [-0.15, -0.1) is 0 Å². The predicted octanol–water partition coefficient (Wildman–Crippen LogP) is 2.74.